The van der Waals surface area contributed by atoms with Gasteiger partial charge < -0.3 is 10.2 Å². The Balaban J connectivity index is 2.13. The first-order valence-electron chi connectivity index (χ1n) is 6.16. The summed E-state index contributed by atoms with van der Waals surface area (Å²) in [6.07, 6.45) is 2.23. The van der Waals surface area contributed by atoms with Gasteiger partial charge in [-0.05, 0) is 19.3 Å². The Labute approximate surface area is 101 Å². The number of nitrogens with zero attached hydrogens (tertiary/aromatic N) is 2. The molecule has 5 nitrogen and oxygen atoms in total. The predicted molar refractivity (Wildman–Crippen MR) is 60.6 cm³/mol. The molecule has 92 valence electrons. The summed E-state index contributed by atoms with van der Waals surface area (Å²) in [5.41, 5.74) is 0. The van der Waals surface area contributed by atoms with Gasteiger partial charge in [-0.25, -0.2) is 0 Å². The normalized spacial score (nSPS) is 29.2. The maximum Gasteiger partial charge on any atom is 0.240 e. The zero-order valence-corrected chi connectivity index (χ0v) is 9.98. The minimum atomic E-state index is -0.565. The average Bonchev–Trinajstić information content (AvgIpc) is 2.73. The number of nitrogens with one attached hydrogen (secondary N) is 1. The van der Waals surface area contributed by atoms with Crippen molar-refractivity contribution in [2.45, 2.75) is 32.2 Å². The highest BCUT2D eigenvalue weighted by Crippen LogP contribution is 2.28. The van der Waals surface area contributed by atoms with E-state index in [0.29, 0.717) is 19.5 Å². The first kappa shape index (κ1) is 11.9. The quantitative estimate of drug-likeness (QED) is 0.746. The van der Waals surface area contributed by atoms with Crippen molar-refractivity contribution in [3.05, 3.63) is 0 Å². The fraction of sp³-hybridized carbons (Fsp3) is 0.750. The third-order valence-electron chi connectivity index (χ3n) is 3.75. The number of piperidine rings is 1. The molecule has 2 aliphatic rings. The molecule has 0 aromatic carbocycles. The number of carbonyl (C=O) groups excluding carboxylic acids is 2. The van der Waals surface area contributed by atoms with E-state index in [1.807, 2.05) is 13.0 Å². The van der Waals surface area contributed by atoms with Crippen LogP contribution < -0.4 is 5.32 Å². The van der Waals surface area contributed by atoms with E-state index < -0.39 is 5.92 Å². The van der Waals surface area contributed by atoms with Crippen LogP contribution >= 0.6 is 0 Å². The van der Waals surface area contributed by atoms with Crippen LogP contribution in [0.1, 0.15) is 26.2 Å². The molecule has 0 spiro atoms. The SMILES string of the molecule is CCC(C#N)C(=O)N1CCCC2C(=O)NCC21. The summed E-state index contributed by atoms with van der Waals surface area (Å²) in [7, 11) is 0. The first-order valence-corrected chi connectivity index (χ1v) is 6.16. The number of likely N-dealkylation sites (tertiary alicyclic amines) is 1. The van der Waals surface area contributed by atoms with Gasteiger partial charge >= 0.3 is 0 Å². The van der Waals surface area contributed by atoms with Crippen molar-refractivity contribution in [2.75, 3.05) is 13.1 Å². The van der Waals surface area contributed by atoms with Crippen LogP contribution in [0, 0.1) is 23.2 Å². The Morgan fingerprint density at radius 3 is 3.12 bits per heavy atom. The maximum absolute atomic E-state index is 12.2. The zero-order chi connectivity index (χ0) is 12.4. The van der Waals surface area contributed by atoms with Crippen LogP contribution in [-0.4, -0.2) is 35.8 Å². The molecule has 1 N–H and O–H groups in total. The minimum absolute atomic E-state index is 0.0360. The van der Waals surface area contributed by atoms with Crippen molar-refractivity contribution < 1.29 is 9.59 Å². The lowest BCUT2D eigenvalue weighted by atomic mass is 9.90. The van der Waals surface area contributed by atoms with Crippen LogP contribution in [0.25, 0.3) is 0 Å². The summed E-state index contributed by atoms with van der Waals surface area (Å²) in [4.78, 5) is 25.5. The van der Waals surface area contributed by atoms with E-state index in [0.717, 1.165) is 12.8 Å². The molecule has 3 atom stereocenters. The number of carbonyl (C=O) groups is 2. The van der Waals surface area contributed by atoms with Gasteiger partial charge in [-0.1, -0.05) is 6.92 Å². The van der Waals surface area contributed by atoms with Gasteiger partial charge in [0.2, 0.25) is 11.8 Å². The second-order valence-electron chi connectivity index (χ2n) is 4.68. The monoisotopic (exact) mass is 235 g/mol. The molecule has 2 amide bonds. The van der Waals surface area contributed by atoms with E-state index in [4.69, 9.17) is 5.26 Å². The molecule has 2 fully saturated rings. The molecule has 2 heterocycles. The standard InChI is InChI=1S/C12H17N3O2/c1-2-8(6-13)12(17)15-5-3-4-9-10(15)7-14-11(9)16/h8-10H,2-5,7H2,1H3,(H,14,16). The van der Waals surface area contributed by atoms with Crippen molar-refractivity contribution in [2.24, 2.45) is 11.8 Å². The summed E-state index contributed by atoms with van der Waals surface area (Å²) < 4.78 is 0. The van der Waals surface area contributed by atoms with Crippen molar-refractivity contribution in [3.63, 3.8) is 0 Å². The highest BCUT2D eigenvalue weighted by atomic mass is 16.2. The Hall–Kier alpha value is -1.57. The van der Waals surface area contributed by atoms with E-state index >= 15 is 0 Å². The molecule has 2 rings (SSSR count). The molecule has 2 aliphatic heterocycles. The van der Waals surface area contributed by atoms with Gasteiger partial charge in [0.05, 0.1) is 18.0 Å². The smallest absolute Gasteiger partial charge is 0.240 e. The molecule has 3 unspecified atom stereocenters. The van der Waals surface area contributed by atoms with Crippen molar-refractivity contribution in [3.8, 4) is 6.07 Å². The summed E-state index contributed by atoms with van der Waals surface area (Å²) in [5, 5.41) is 11.7. The summed E-state index contributed by atoms with van der Waals surface area (Å²) in [6.45, 7) is 3.05. The first-order chi connectivity index (χ1) is 8.19. The maximum atomic E-state index is 12.2. The molecule has 0 bridgehead atoms. The molecule has 2 saturated heterocycles. The topological polar surface area (TPSA) is 73.2 Å². The van der Waals surface area contributed by atoms with Crippen LogP contribution in [0.4, 0.5) is 0 Å². The Kier molecular flexibility index (Phi) is 3.32. The molecule has 0 aliphatic carbocycles. The number of hydrogen-bond acceptors (Lipinski definition) is 3. The molecular formula is C12H17N3O2. The van der Waals surface area contributed by atoms with Crippen LogP contribution in [0.3, 0.4) is 0 Å². The summed E-state index contributed by atoms with van der Waals surface area (Å²) in [6, 6.07) is 2.01. The van der Waals surface area contributed by atoms with E-state index in [1.165, 1.54) is 0 Å². The van der Waals surface area contributed by atoms with Gasteiger partial charge in [0.15, 0.2) is 0 Å². The summed E-state index contributed by atoms with van der Waals surface area (Å²) in [5.74, 6) is -0.688. The van der Waals surface area contributed by atoms with Crippen LogP contribution in [-0.2, 0) is 9.59 Å². The van der Waals surface area contributed by atoms with Crippen LogP contribution in [0.5, 0.6) is 0 Å². The van der Waals surface area contributed by atoms with Crippen LogP contribution in [0.15, 0.2) is 0 Å². The van der Waals surface area contributed by atoms with Gasteiger partial charge in [0.1, 0.15) is 5.92 Å². The zero-order valence-electron chi connectivity index (χ0n) is 9.98. The lowest BCUT2D eigenvalue weighted by molar-refractivity contribution is -0.139. The lowest BCUT2D eigenvalue weighted by Crippen LogP contribution is -2.50. The molecule has 0 aromatic heterocycles. The van der Waals surface area contributed by atoms with Gasteiger partial charge in [-0.15, -0.1) is 0 Å². The fourth-order valence-electron chi connectivity index (χ4n) is 2.75. The molecule has 0 radical (unpaired) electrons. The number of amides is 2. The van der Waals surface area contributed by atoms with E-state index in [2.05, 4.69) is 5.32 Å². The third kappa shape index (κ3) is 1.99. The summed E-state index contributed by atoms with van der Waals surface area (Å²) >= 11 is 0. The second kappa shape index (κ2) is 4.74. The van der Waals surface area contributed by atoms with E-state index in [9.17, 15) is 9.59 Å². The Bertz CT molecular complexity index is 374. The lowest BCUT2D eigenvalue weighted by Gasteiger charge is -2.36. The average molecular weight is 235 g/mol. The highest BCUT2D eigenvalue weighted by Gasteiger charge is 2.43. The highest BCUT2D eigenvalue weighted by molar-refractivity contribution is 5.86. The van der Waals surface area contributed by atoms with Gasteiger partial charge in [0, 0.05) is 13.1 Å². The molecule has 0 aromatic rings. The largest absolute Gasteiger partial charge is 0.354 e. The molecule has 5 heteroatoms. The van der Waals surface area contributed by atoms with Gasteiger partial charge in [0.25, 0.3) is 0 Å². The third-order valence-corrected chi connectivity index (χ3v) is 3.75. The Morgan fingerprint density at radius 2 is 2.47 bits per heavy atom. The number of hydrogen-bond donors (Lipinski definition) is 1. The van der Waals surface area contributed by atoms with Crippen molar-refractivity contribution >= 4 is 11.8 Å². The second-order valence-corrected chi connectivity index (χ2v) is 4.68. The molecular weight excluding hydrogens is 218 g/mol. The van der Waals surface area contributed by atoms with Gasteiger partial charge in [-0.2, -0.15) is 5.26 Å². The Morgan fingerprint density at radius 1 is 1.71 bits per heavy atom. The molecule has 17 heavy (non-hydrogen) atoms. The fourth-order valence-corrected chi connectivity index (χ4v) is 2.75. The van der Waals surface area contributed by atoms with E-state index in [-0.39, 0.29) is 23.8 Å². The minimum Gasteiger partial charge on any atom is -0.354 e. The number of rotatable bonds is 2. The molecule has 0 saturated carbocycles. The van der Waals surface area contributed by atoms with Crippen molar-refractivity contribution in [1.29, 1.82) is 5.26 Å². The van der Waals surface area contributed by atoms with E-state index in [1.54, 1.807) is 4.90 Å². The predicted octanol–water partition coefficient (Wildman–Crippen LogP) is 0.273. The number of nitriles is 1. The van der Waals surface area contributed by atoms with Crippen LogP contribution in [0.2, 0.25) is 0 Å². The number of fused-ring (bicyclic) bond motifs is 1. The van der Waals surface area contributed by atoms with Crippen molar-refractivity contribution in [1.82, 2.24) is 10.2 Å². The van der Waals surface area contributed by atoms with Gasteiger partial charge in [-0.3, -0.25) is 9.59 Å².